The molecule has 1 heterocycles. The van der Waals surface area contributed by atoms with Crippen molar-refractivity contribution in [3.63, 3.8) is 0 Å². The summed E-state index contributed by atoms with van der Waals surface area (Å²) < 4.78 is 0. The van der Waals surface area contributed by atoms with E-state index >= 15 is 0 Å². The second kappa shape index (κ2) is 4.60. The maximum Gasteiger partial charge on any atom is 0.0346 e. The average molecular weight is 217 g/mol. The van der Waals surface area contributed by atoms with Gasteiger partial charge in [-0.2, -0.15) is 0 Å². The first kappa shape index (κ1) is 10.4. The lowest BCUT2D eigenvalue weighted by atomic mass is 10.1. The normalized spacial score (nSPS) is 10.5. The highest BCUT2D eigenvalue weighted by Crippen LogP contribution is 2.27. The Kier molecular flexibility index (Phi) is 3.19. The summed E-state index contributed by atoms with van der Waals surface area (Å²) >= 11 is 1.81. The standard InChI is InChI=1S/C13H15NS/c1-10-4-3-5-12(6-10)13-7-11(8-14-2)9-15-13/h3-7,9,14H,8H2,1-2H3. The minimum Gasteiger partial charge on any atom is -0.316 e. The molecular weight excluding hydrogens is 202 g/mol. The Bertz CT molecular complexity index is 445. The van der Waals surface area contributed by atoms with E-state index in [1.165, 1.54) is 21.6 Å². The highest BCUT2D eigenvalue weighted by atomic mass is 32.1. The monoisotopic (exact) mass is 217 g/mol. The molecule has 0 bridgehead atoms. The molecule has 1 aromatic heterocycles. The van der Waals surface area contributed by atoms with Crippen LogP contribution < -0.4 is 5.32 Å². The van der Waals surface area contributed by atoms with E-state index in [2.05, 4.69) is 48.0 Å². The van der Waals surface area contributed by atoms with E-state index in [0.717, 1.165) is 6.54 Å². The number of hydrogen-bond donors (Lipinski definition) is 1. The summed E-state index contributed by atoms with van der Waals surface area (Å²) in [5.74, 6) is 0. The summed E-state index contributed by atoms with van der Waals surface area (Å²) in [6.45, 7) is 3.08. The van der Waals surface area contributed by atoms with Crippen molar-refractivity contribution in [3.8, 4) is 10.4 Å². The molecule has 0 radical (unpaired) electrons. The van der Waals surface area contributed by atoms with Crippen molar-refractivity contribution in [3.05, 3.63) is 46.8 Å². The zero-order valence-corrected chi connectivity index (χ0v) is 9.90. The fourth-order valence-corrected chi connectivity index (χ4v) is 2.53. The summed E-state index contributed by atoms with van der Waals surface area (Å²) in [5.41, 5.74) is 4.00. The number of benzene rings is 1. The molecule has 1 nitrogen and oxygen atoms in total. The molecule has 0 atom stereocenters. The molecule has 0 spiro atoms. The largest absolute Gasteiger partial charge is 0.316 e. The molecule has 0 saturated heterocycles. The zero-order valence-electron chi connectivity index (χ0n) is 9.08. The SMILES string of the molecule is CNCc1csc(-c2cccc(C)c2)c1. The van der Waals surface area contributed by atoms with Gasteiger partial charge in [0.25, 0.3) is 0 Å². The van der Waals surface area contributed by atoms with Crippen molar-refractivity contribution >= 4 is 11.3 Å². The molecule has 0 aliphatic heterocycles. The van der Waals surface area contributed by atoms with Crippen LogP contribution in [0.2, 0.25) is 0 Å². The van der Waals surface area contributed by atoms with Gasteiger partial charge in [-0.25, -0.2) is 0 Å². The van der Waals surface area contributed by atoms with Crippen LogP contribution in [0, 0.1) is 6.92 Å². The van der Waals surface area contributed by atoms with Gasteiger partial charge in [0.2, 0.25) is 0 Å². The van der Waals surface area contributed by atoms with E-state index in [-0.39, 0.29) is 0 Å². The minimum absolute atomic E-state index is 0.947. The summed E-state index contributed by atoms with van der Waals surface area (Å²) in [6, 6.07) is 10.9. The van der Waals surface area contributed by atoms with Gasteiger partial charge in [-0.3, -0.25) is 0 Å². The van der Waals surface area contributed by atoms with Crippen LogP contribution in [0.5, 0.6) is 0 Å². The van der Waals surface area contributed by atoms with Crippen molar-refractivity contribution in [2.75, 3.05) is 7.05 Å². The predicted molar refractivity (Wildman–Crippen MR) is 67.3 cm³/mol. The number of hydrogen-bond acceptors (Lipinski definition) is 2. The van der Waals surface area contributed by atoms with E-state index in [0.29, 0.717) is 0 Å². The average Bonchev–Trinajstić information content (AvgIpc) is 2.67. The Morgan fingerprint density at radius 1 is 1.27 bits per heavy atom. The van der Waals surface area contributed by atoms with E-state index in [9.17, 15) is 0 Å². The van der Waals surface area contributed by atoms with E-state index in [4.69, 9.17) is 0 Å². The molecule has 15 heavy (non-hydrogen) atoms. The molecule has 0 fully saturated rings. The van der Waals surface area contributed by atoms with Gasteiger partial charge in [0.1, 0.15) is 0 Å². The Balaban J connectivity index is 2.29. The van der Waals surface area contributed by atoms with Crippen LogP contribution >= 0.6 is 11.3 Å². The van der Waals surface area contributed by atoms with Crippen LogP contribution in [0.4, 0.5) is 0 Å². The van der Waals surface area contributed by atoms with Crippen LogP contribution in [0.25, 0.3) is 10.4 Å². The van der Waals surface area contributed by atoms with Crippen LogP contribution in [-0.2, 0) is 6.54 Å². The molecule has 2 rings (SSSR count). The van der Waals surface area contributed by atoms with Crippen molar-refractivity contribution < 1.29 is 0 Å². The highest BCUT2D eigenvalue weighted by molar-refractivity contribution is 7.13. The van der Waals surface area contributed by atoms with E-state index in [1.54, 1.807) is 0 Å². The third-order valence-corrected chi connectivity index (χ3v) is 3.37. The fourth-order valence-electron chi connectivity index (χ4n) is 1.62. The lowest BCUT2D eigenvalue weighted by Crippen LogP contribution is -2.03. The molecule has 0 aliphatic carbocycles. The number of nitrogens with one attached hydrogen (secondary N) is 1. The molecule has 78 valence electrons. The predicted octanol–water partition coefficient (Wildman–Crippen LogP) is 3.44. The summed E-state index contributed by atoms with van der Waals surface area (Å²) in [7, 11) is 1.98. The van der Waals surface area contributed by atoms with Gasteiger partial charge in [-0.1, -0.05) is 29.8 Å². The van der Waals surface area contributed by atoms with Gasteiger partial charge in [-0.05, 0) is 36.5 Å². The molecule has 0 saturated carbocycles. The molecular formula is C13H15NS. The molecule has 0 aliphatic rings. The first-order valence-electron chi connectivity index (χ1n) is 5.08. The van der Waals surface area contributed by atoms with Crippen LogP contribution in [-0.4, -0.2) is 7.05 Å². The number of thiophene rings is 1. The number of aryl methyl sites for hydroxylation is 1. The van der Waals surface area contributed by atoms with Crippen LogP contribution in [0.1, 0.15) is 11.1 Å². The van der Waals surface area contributed by atoms with Crippen molar-refractivity contribution in [2.45, 2.75) is 13.5 Å². The third-order valence-electron chi connectivity index (χ3n) is 2.34. The van der Waals surface area contributed by atoms with Gasteiger partial charge in [0, 0.05) is 11.4 Å². The molecule has 0 unspecified atom stereocenters. The van der Waals surface area contributed by atoms with Crippen molar-refractivity contribution in [2.24, 2.45) is 0 Å². The first-order valence-corrected chi connectivity index (χ1v) is 5.96. The van der Waals surface area contributed by atoms with Crippen LogP contribution in [0.15, 0.2) is 35.7 Å². The van der Waals surface area contributed by atoms with Crippen molar-refractivity contribution in [1.82, 2.24) is 5.32 Å². The first-order chi connectivity index (χ1) is 7.29. The van der Waals surface area contributed by atoms with Crippen molar-refractivity contribution in [1.29, 1.82) is 0 Å². The quantitative estimate of drug-likeness (QED) is 0.830. The van der Waals surface area contributed by atoms with E-state index < -0.39 is 0 Å². The molecule has 0 amide bonds. The fraction of sp³-hybridized carbons (Fsp3) is 0.231. The van der Waals surface area contributed by atoms with Gasteiger partial charge < -0.3 is 5.32 Å². The topological polar surface area (TPSA) is 12.0 Å². The molecule has 1 N–H and O–H groups in total. The lowest BCUT2D eigenvalue weighted by Gasteiger charge is -1.98. The van der Waals surface area contributed by atoms with Gasteiger partial charge in [0.15, 0.2) is 0 Å². The minimum atomic E-state index is 0.947. The second-order valence-electron chi connectivity index (χ2n) is 3.72. The molecule has 2 aromatic rings. The lowest BCUT2D eigenvalue weighted by molar-refractivity contribution is 0.821. The van der Waals surface area contributed by atoms with Gasteiger partial charge >= 0.3 is 0 Å². The van der Waals surface area contributed by atoms with Crippen LogP contribution in [0.3, 0.4) is 0 Å². The zero-order chi connectivity index (χ0) is 10.7. The van der Waals surface area contributed by atoms with E-state index in [1.807, 2.05) is 18.4 Å². The highest BCUT2D eigenvalue weighted by Gasteiger charge is 2.01. The maximum absolute atomic E-state index is 3.17. The molecule has 1 aromatic carbocycles. The maximum atomic E-state index is 3.17. The summed E-state index contributed by atoms with van der Waals surface area (Å²) in [4.78, 5) is 1.35. The Morgan fingerprint density at radius 3 is 2.87 bits per heavy atom. The Hall–Kier alpha value is -1.12. The Labute approximate surface area is 94.8 Å². The van der Waals surface area contributed by atoms with Gasteiger partial charge in [-0.15, -0.1) is 11.3 Å². The smallest absolute Gasteiger partial charge is 0.0346 e. The van der Waals surface area contributed by atoms with Gasteiger partial charge in [0.05, 0.1) is 0 Å². The Morgan fingerprint density at radius 2 is 2.13 bits per heavy atom. The molecule has 2 heteroatoms. The third kappa shape index (κ3) is 2.46. The summed E-state index contributed by atoms with van der Waals surface area (Å²) in [5, 5.41) is 5.38. The summed E-state index contributed by atoms with van der Waals surface area (Å²) in [6.07, 6.45) is 0. The number of rotatable bonds is 3. The second-order valence-corrected chi connectivity index (χ2v) is 4.63.